The van der Waals surface area contributed by atoms with Gasteiger partial charge >= 0.3 is 5.97 Å². The number of nitrogens with zero attached hydrogens (tertiary/aromatic N) is 2. The molecule has 26 heavy (non-hydrogen) atoms. The molecule has 1 unspecified atom stereocenters. The highest BCUT2D eigenvalue weighted by Gasteiger charge is 2.20. The zero-order valence-electron chi connectivity index (χ0n) is 15.1. The predicted molar refractivity (Wildman–Crippen MR) is 99.7 cm³/mol. The normalized spacial score (nSPS) is 12.0. The van der Waals surface area contributed by atoms with Crippen LogP contribution in [0, 0.1) is 5.92 Å². The summed E-state index contributed by atoms with van der Waals surface area (Å²) < 4.78 is 5.11. The van der Waals surface area contributed by atoms with Crippen LogP contribution in [0.3, 0.4) is 0 Å². The van der Waals surface area contributed by atoms with Gasteiger partial charge in [-0.2, -0.15) is 0 Å². The van der Waals surface area contributed by atoms with Crippen LogP contribution in [-0.4, -0.2) is 34.3 Å². The van der Waals surface area contributed by atoms with E-state index < -0.39 is 11.9 Å². The molecule has 0 fully saturated rings. The molecule has 1 aromatic heterocycles. The first-order valence-corrected chi connectivity index (χ1v) is 9.17. The van der Waals surface area contributed by atoms with E-state index in [4.69, 9.17) is 9.84 Å². The second-order valence-electron chi connectivity index (χ2n) is 6.42. The zero-order chi connectivity index (χ0) is 19.1. The number of carbonyl (C=O) groups is 2. The Kier molecular flexibility index (Phi) is 7.08. The molecule has 2 N–H and O–H groups in total. The van der Waals surface area contributed by atoms with Gasteiger partial charge in [0.05, 0.1) is 13.5 Å². The summed E-state index contributed by atoms with van der Waals surface area (Å²) in [4.78, 5) is 23.5. The van der Waals surface area contributed by atoms with Gasteiger partial charge in [-0.15, -0.1) is 10.2 Å². The van der Waals surface area contributed by atoms with Crippen LogP contribution in [0.4, 0.5) is 5.13 Å². The van der Waals surface area contributed by atoms with Gasteiger partial charge in [-0.3, -0.25) is 9.59 Å². The molecule has 2 aromatic rings. The van der Waals surface area contributed by atoms with E-state index in [-0.39, 0.29) is 18.7 Å². The Labute approximate surface area is 156 Å². The lowest BCUT2D eigenvalue weighted by atomic mass is 9.92. The lowest BCUT2D eigenvalue weighted by Gasteiger charge is -2.15. The van der Waals surface area contributed by atoms with Gasteiger partial charge in [0.15, 0.2) is 0 Å². The highest BCUT2D eigenvalue weighted by Crippen LogP contribution is 2.27. The minimum atomic E-state index is -0.950. The SMILES string of the molecule is COc1ccc(C(CC(=O)O)CC(=O)Nc2nnc(CC(C)C)s2)cc1. The number of anilines is 1. The minimum Gasteiger partial charge on any atom is -0.497 e. The van der Waals surface area contributed by atoms with E-state index in [2.05, 4.69) is 29.4 Å². The third-order valence-corrected chi connectivity index (χ3v) is 4.60. The molecule has 7 nitrogen and oxygen atoms in total. The summed E-state index contributed by atoms with van der Waals surface area (Å²) in [5.74, 6) is -0.519. The third kappa shape index (κ3) is 6.11. The molecule has 1 heterocycles. The number of carboxylic acid groups (broad SMARTS) is 1. The number of nitrogens with one attached hydrogen (secondary N) is 1. The Bertz CT molecular complexity index is 743. The van der Waals surface area contributed by atoms with E-state index in [1.54, 1.807) is 31.4 Å². The number of amides is 1. The molecule has 0 aliphatic carbocycles. The van der Waals surface area contributed by atoms with Crippen LogP contribution in [-0.2, 0) is 16.0 Å². The first-order chi connectivity index (χ1) is 12.4. The summed E-state index contributed by atoms with van der Waals surface area (Å²) in [7, 11) is 1.56. The van der Waals surface area contributed by atoms with Crippen molar-refractivity contribution >= 4 is 28.3 Å². The Hall–Kier alpha value is -2.48. The molecule has 1 atom stereocenters. The number of ether oxygens (including phenoxy) is 1. The minimum absolute atomic E-state index is 0.0533. The third-order valence-electron chi connectivity index (χ3n) is 3.74. The van der Waals surface area contributed by atoms with Gasteiger partial charge in [0.1, 0.15) is 10.8 Å². The van der Waals surface area contributed by atoms with Gasteiger partial charge < -0.3 is 15.2 Å². The van der Waals surface area contributed by atoms with E-state index in [0.29, 0.717) is 16.8 Å². The number of hydrogen-bond acceptors (Lipinski definition) is 6. The number of rotatable bonds is 9. The van der Waals surface area contributed by atoms with Gasteiger partial charge in [-0.05, 0) is 23.6 Å². The predicted octanol–water partition coefficient (Wildman–Crippen LogP) is 3.33. The second-order valence-corrected chi connectivity index (χ2v) is 7.48. The summed E-state index contributed by atoms with van der Waals surface area (Å²) in [5.41, 5.74) is 0.779. The van der Waals surface area contributed by atoms with Crippen molar-refractivity contribution < 1.29 is 19.4 Å². The van der Waals surface area contributed by atoms with Crippen molar-refractivity contribution in [1.29, 1.82) is 0 Å². The van der Waals surface area contributed by atoms with Crippen LogP contribution < -0.4 is 10.1 Å². The van der Waals surface area contributed by atoms with Gasteiger partial charge in [-0.25, -0.2) is 0 Å². The van der Waals surface area contributed by atoms with Crippen LogP contribution >= 0.6 is 11.3 Å². The van der Waals surface area contributed by atoms with E-state index in [9.17, 15) is 9.59 Å². The summed E-state index contributed by atoms with van der Waals surface area (Å²) in [5, 5.41) is 21.2. The first kappa shape index (κ1) is 19.8. The van der Waals surface area contributed by atoms with Crippen LogP contribution in [0.25, 0.3) is 0 Å². The maximum absolute atomic E-state index is 12.3. The molecule has 1 amide bonds. The number of benzene rings is 1. The molecular formula is C18H23N3O4S. The summed E-state index contributed by atoms with van der Waals surface area (Å²) >= 11 is 1.34. The number of aliphatic carboxylic acids is 1. The molecular weight excluding hydrogens is 354 g/mol. The van der Waals surface area contributed by atoms with E-state index in [1.165, 1.54) is 11.3 Å². The summed E-state index contributed by atoms with van der Waals surface area (Å²) in [6, 6.07) is 7.08. The van der Waals surface area contributed by atoms with Gasteiger partial charge in [0, 0.05) is 18.8 Å². The van der Waals surface area contributed by atoms with E-state index >= 15 is 0 Å². The van der Waals surface area contributed by atoms with Gasteiger partial charge in [0.25, 0.3) is 0 Å². The van der Waals surface area contributed by atoms with Crippen LogP contribution in [0.15, 0.2) is 24.3 Å². The highest BCUT2D eigenvalue weighted by atomic mass is 32.1. The van der Waals surface area contributed by atoms with Crippen molar-refractivity contribution in [3.63, 3.8) is 0 Å². The molecule has 0 saturated heterocycles. The van der Waals surface area contributed by atoms with Crippen molar-refractivity contribution in [3.8, 4) is 5.75 Å². The lowest BCUT2D eigenvalue weighted by molar-refractivity contribution is -0.137. The molecule has 0 spiro atoms. The van der Waals surface area contributed by atoms with Crippen LogP contribution in [0.2, 0.25) is 0 Å². The average molecular weight is 377 g/mol. The van der Waals surface area contributed by atoms with Gasteiger partial charge in [0.2, 0.25) is 11.0 Å². The summed E-state index contributed by atoms with van der Waals surface area (Å²) in [6.45, 7) is 4.18. The molecule has 8 heteroatoms. The highest BCUT2D eigenvalue weighted by molar-refractivity contribution is 7.15. The fourth-order valence-corrected chi connectivity index (χ4v) is 3.49. The Balaban J connectivity index is 2.03. The number of hydrogen-bond donors (Lipinski definition) is 2. The van der Waals surface area contributed by atoms with Crippen molar-refractivity contribution in [1.82, 2.24) is 10.2 Å². The van der Waals surface area contributed by atoms with Gasteiger partial charge in [-0.1, -0.05) is 37.3 Å². The smallest absolute Gasteiger partial charge is 0.303 e. The second kappa shape index (κ2) is 9.28. The lowest BCUT2D eigenvalue weighted by Crippen LogP contribution is -2.17. The molecule has 0 saturated carbocycles. The maximum atomic E-state index is 12.3. The maximum Gasteiger partial charge on any atom is 0.303 e. The van der Waals surface area contributed by atoms with Crippen molar-refractivity contribution in [2.24, 2.45) is 5.92 Å². The molecule has 0 bridgehead atoms. The Morgan fingerprint density at radius 3 is 2.46 bits per heavy atom. The number of carbonyl (C=O) groups excluding carboxylic acids is 1. The fraction of sp³-hybridized carbons (Fsp3) is 0.444. The zero-order valence-corrected chi connectivity index (χ0v) is 15.9. The van der Waals surface area contributed by atoms with E-state index in [0.717, 1.165) is 17.0 Å². The van der Waals surface area contributed by atoms with Crippen LogP contribution in [0.5, 0.6) is 5.75 Å². The van der Waals surface area contributed by atoms with Crippen molar-refractivity contribution in [3.05, 3.63) is 34.8 Å². The molecule has 1 aromatic carbocycles. The standard InChI is InChI=1S/C18H23N3O4S/c1-11(2)8-16-20-21-18(26-16)19-15(22)9-13(10-17(23)24)12-4-6-14(25-3)7-5-12/h4-7,11,13H,8-10H2,1-3H3,(H,23,24)(H,19,21,22). The molecule has 2 rings (SSSR count). The fourth-order valence-electron chi connectivity index (χ4n) is 2.52. The Morgan fingerprint density at radius 2 is 1.88 bits per heavy atom. The molecule has 0 radical (unpaired) electrons. The molecule has 0 aliphatic heterocycles. The average Bonchev–Trinajstić information content (AvgIpc) is 2.99. The van der Waals surface area contributed by atoms with Crippen molar-refractivity contribution in [2.75, 3.05) is 12.4 Å². The van der Waals surface area contributed by atoms with E-state index in [1.807, 2.05) is 0 Å². The molecule has 140 valence electrons. The number of carboxylic acids is 1. The first-order valence-electron chi connectivity index (χ1n) is 8.35. The number of methoxy groups -OCH3 is 1. The van der Waals surface area contributed by atoms with Crippen LogP contribution in [0.1, 0.15) is 43.2 Å². The quantitative estimate of drug-likeness (QED) is 0.695. The molecule has 0 aliphatic rings. The largest absolute Gasteiger partial charge is 0.497 e. The summed E-state index contributed by atoms with van der Waals surface area (Å²) in [6.07, 6.45) is 0.729. The monoisotopic (exact) mass is 377 g/mol. The Morgan fingerprint density at radius 1 is 1.19 bits per heavy atom. The number of aromatic nitrogens is 2. The topological polar surface area (TPSA) is 101 Å². The van der Waals surface area contributed by atoms with Crippen molar-refractivity contribution in [2.45, 2.75) is 39.0 Å².